The molecular weight excluding hydrogens is 457 g/mol. The monoisotopic (exact) mass is 499 g/mol. The molecule has 0 unspecified atom stereocenters. The van der Waals surface area contributed by atoms with Gasteiger partial charge in [-0.3, -0.25) is 4.79 Å². The molecule has 0 aliphatic heterocycles. The molecule has 0 saturated heterocycles. The minimum absolute atomic E-state index is 0.00649. The van der Waals surface area contributed by atoms with Crippen LogP contribution < -0.4 is 4.90 Å². The highest BCUT2D eigenvalue weighted by molar-refractivity contribution is 6.74. The first-order valence-electron chi connectivity index (χ1n) is 12.4. The van der Waals surface area contributed by atoms with Crippen molar-refractivity contribution in [1.29, 1.82) is 0 Å². The minimum atomic E-state index is -1.97. The number of halogens is 1. The van der Waals surface area contributed by atoms with E-state index in [0.29, 0.717) is 18.1 Å². The quantitative estimate of drug-likeness (QED) is 0.255. The van der Waals surface area contributed by atoms with Crippen molar-refractivity contribution >= 4 is 26.1 Å². The van der Waals surface area contributed by atoms with Crippen LogP contribution in [0, 0.1) is 5.82 Å². The van der Waals surface area contributed by atoms with Gasteiger partial charge in [0, 0.05) is 31.6 Å². The van der Waals surface area contributed by atoms with Gasteiger partial charge in [-0.1, -0.05) is 41.5 Å². The Balaban J connectivity index is 2.44. The maximum atomic E-state index is 13.6. The van der Waals surface area contributed by atoms with Crippen LogP contribution in [0.4, 0.5) is 10.3 Å². The number of carbonyl (C=O) groups excluding carboxylic acids is 1. The Morgan fingerprint density at radius 1 is 1.14 bits per heavy atom. The molecule has 0 spiro atoms. The normalized spacial score (nSPS) is 13.5. The van der Waals surface area contributed by atoms with Gasteiger partial charge in [0.15, 0.2) is 14.1 Å². The Morgan fingerprint density at radius 2 is 1.74 bits per heavy atom. The lowest BCUT2D eigenvalue weighted by Gasteiger charge is -2.39. The van der Waals surface area contributed by atoms with Crippen LogP contribution in [0.3, 0.4) is 0 Å². The fraction of sp³-hybridized carbons (Fsp3) is 0.536. The summed E-state index contributed by atoms with van der Waals surface area (Å²) in [6, 6.07) is 6.26. The number of anilines is 1. The number of ketones is 1. The van der Waals surface area contributed by atoms with E-state index >= 15 is 0 Å². The Bertz CT molecular complexity index is 1040. The lowest BCUT2D eigenvalue weighted by Crippen LogP contribution is -2.44. The molecule has 5 nitrogen and oxygen atoms in total. The zero-order valence-electron chi connectivity index (χ0n) is 23.1. The van der Waals surface area contributed by atoms with Gasteiger partial charge in [-0.15, -0.1) is 0 Å². The van der Waals surface area contributed by atoms with Gasteiger partial charge in [0.1, 0.15) is 5.82 Å². The van der Waals surface area contributed by atoms with Crippen LogP contribution in [-0.2, 0) is 9.22 Å². The van der Waals surface area contributed by atoms with E-state index in [1.54, 1.807) is 18.2 Å². The molecule has 0 amide bonds. The van der Waals surface area contributed by atoms with E-state index in [-0.39, 0.29) is 28.7 Å². The topological polar surface area (TPSA) is 55.3 Å². The number of allylic oxidation sites excluding steroid dienone is 1. The molecular formula is C28H42FN3O2Si. The molecule has 0 saturated carbocycles. The third-order valence-electron chi connectivity index (χ3n) is 6.62. The van der Waals surface area contributed by atoms with Gasteiger partial charge < -0.3 is 9.33 Å². The summed E-state index contributed by atoms with van der Waals surface area (Å²) < 4.78 is 20.1. The molecule has 0 aliphatic carbocycles. The summed E-state index contributed by atoms with van der Waals surface area (Å²) in [5.74, 6) is 0.382. The second-order valence-corrected chi connectivity index (χ2v) is 15.9. The third-order valence-corrected chi connectivity index (χ3v) is 11.2. The Kier molecular flexibility index (Phi) is 9.54. The second kappa shape index (κ2) is 11.6. The van der Waals surface area contributed by atoms with Crippen molar-refractivity contribution in [1.82, 2.24) is 9.97 Å². The van der Waals surface area contributed by atoms with Gasteiger partial charge in [-0.2, -0.15) is 0 Å². The van der Waals surface area contributed by atoms with Crippen molar-refractivity contribution in [2.45, 2.75) is 84.5 Å². The molecule has 2 aromatic rings. The molecule has 1 aromatic carbocycles. The number of nitrogens with zero attached hydrogens (tertiary/aromatic N) is 3. The fourth-order valence-electron chi connectivity index (χ4n) is 3.44. The summed E-state index contributed by atoms with van der Waals surface area (Å²) in [6.45, 7) is 17.2. The van der Waals surface area contributed by atoms with Crippen LogP contribution in [0.1, 0.15) is 71.6 Å². The SMILES string of the molecule is CC[C@@H](CC(=O)/C=C/c1c(-c2ccc(F)cc2)nc(N(C)C)nc1C(C)C)O[Si](C)(C)C(C)(C)C. The molecule has 2 rings (SSSR count). The fourth-order valence-corrected chi connectivity index (χ4v) is 4.88. The molecule has 192 valence electrons. The predicted molar refractivity (Wildman–Crippen MR) is 147 cm³/mol. The number of rotatable bonds is 10. The molecule has 35 heavy (non-hydrogen) atoms. The van der Waals surface area contributed by atoms with Crippen molar-refractivity contribution in [2.24, 2.45) is 0 Å². The van der Waals surface area contributed by atoms with Gasteiger partial charge in [-0.05, 0) is 66.9 Å². The van der Waals surface area contributed by atoms with Crippen molar-refractivity contribution in [3.8, 4) is 11.3 Å². The molecule has 0 bridgehead atoms. The van der Waals surface area contributed by atoms with E-state index in [0.717, 1.165) is 23.2 Å². The number of hydrogen-bond acceptors (Lipinski definition) is 5. The summed E-state index contributed by atoms with van der Waals surface area (Å²) in [6.07, 6.45) is 4.44. The van der Waals surface area contributed by atoms with Gasteiger partial charge >= 0.3 is 0 Å². The van der Waals surface area contributed by atoms with E-state index in [2.05, 4.69) is 54.6 Å². The van der Waals surface area contributed by atoms with E-state index in [1.165, 1.54) is 12.1 Å². The lowest BCUT2D eigenvalue weighted by atomic mass is 9.97. The predicted octanol–water partition coefficient (Wildman–Crippen LogP) is 7.24. The third kappa shape index (κ3) is 7.55. The van der Waals surface area contributed by atoms with E-state index < -0.39 is 8.32 Å². The van der Waals surface area contributed by atoms with Crippen molar-refractivity contribution in [2.75, 3.05) is 19.0 Å². The zero-order chi connectivity index (χ0) is 26.6. The highest BCUT2D eigenvalue weighted by Gasteiger charge is 2.39. The molecule has 1 heterocycles. The maximum absolute atomic E-state index is 13.6. The van der Waals surface area contributed by atoms with Gasteiger partial charge in [0.2, 0.25) is 5.95 Å². The van der Waals surface area contributed by atoms with Crippen LogP contribution in [0.5, 0.6) is 0 Å². The Hall–Kier alpha value is -2.38. The molecule has 0 aliphatic rings. The van der Waals surface area contributed by atoms with E-state index in [4.69, 9.17) is 14.4 Å². The van der Waals surface area contributed by atoms with E-state index in [1.807, 2.05) is 25.1 Å². The summed E-state index contributed by atoms with van der Waals surface area (Å²) in [5.41, 5.74) is 3.08. The largest absolute Gasteiger partial charge is 0.413 e. The van der Waals surface area contributed by atoms with Crippen LogP contribution >= 0.6 is 0 Å². The molecule has 0 radical (unpaired) electrons. The van der Waals surface area contributed by atoms with Crippen LogP contribution in [0.15, 0.2) is 30.3 Å². The molecule has 1 atom stereocenters. The summed E-state index contributed by atoms with van der Waals surface area (Å²) in [7, 11) is 1.81. The van der Waals surface area contributed by atoms with Gasteiger partial charge in [0.25, 0.3) is 0 Å². The first-order chi connectivity index (χ1) is 16.2. The number of carbonyl (C=O) groups is 1. The molecule has 0 N–H and O–H groups in total. The highest BCUT2D eigenvalue weighted by Crippen LogP contribution is 2.38. The molecule has 1 aromatic heterocycles. The van der Waals surface area contributed by atoms with Crippen LogP contribution in [0.2, 0.25) is 18.1 Å². The summed E-state index contributed by atoms with van der Waals surface area (Å²) in [4.78, 5) is 24.4. The smallest absolute Gasteiger partial charge is 0.225 e. The minimum Gasteiger partial charge on any atom is -0.413 e. The summed E-state index contributed by atoms with van der Waals surface area (Å²) >= 11 is 0. The Labute approximate surface area is 212 Å². The second-order valence-electron chi connectivity index (χ2n) is 11.1. The Morgan fingerprint density at radius 3 is 2.23 bits per heavy atom. The average molecular weight is 500 g/mol. The van der Waals surface area contributed by atoms with Gasteiger partial charge in [-0.25, -0.2) is 14.4 Å². The first kappa shape index (κ1) is 28.9. The highest BCUT2D eigenvalue weighted by atomic mass is 28.4. The number of benzene rings is 1. The lowest BCUT2D eigenvalue weighted by molar-refractivity contribution is -0.116. The van der Waals surface area contributed by atoms with Crippen molar-refractivity contribution in [3.63, 3.8) is 0 Å². The molecule has 0 fully saturated rings. The van der Waals surface area contributed by atoms with Crippen LogP contribution in [-0.4, -0.2) is 44.3 Å². The average Bonchev–Trinajstić information content (AvgIpc) is 2.76. The van der Waals surface area contributed by atoms with Crippen molar-refractivity contribution in [3.05, 3.63) is 47.4 Å². The van der Waals surface area contributed by atoms with Crippen molar-refractivity contribution < 1.29 is 13.6 Å². The van der Waals surface area contributed by atoms with Gasteiger partial charge in [0.05, 0.1) is 17.5 Å². The van der Waals surface area contributed by atoms with E-state index in [9.17, 15) is 9.18 Å². The standard InChI is InChI=1S/C28H42FN3O2Si/c1-11-23(34-35(9,10)28(4,5)6)18-22(33)16-17-24-25(19(2)3)30-27(32(7)8)31-26(24)20-12-14-21(29)15-13-20/h12-17,19,23H,11,18H2,1-10H3/b17-16+/t23-/m0/s1. The zero-order valence-corrected chi connectivity index (χ0v) is 24.1. The van der Waals surface area contributed by atoms with Crippen LogP contribution in [0.25, 0.3) is 17.3 Å². The number of hydrogen-bond donors (Lipinski definition) is 0. The summed E-state index contributed by atoms with van der Waals surface area (Å²) in [5, 5.41) is 0.0844. The first-order valence-corrected chi connectivity index (χ1v) is 15.3. The maximum Gasteiger partial charge on any atom is 0.225 e. The number of aromatic nitrogens is 2. The molecule has 7 heteroatoms.